The maximum absolute atomic E-state index is 4.29. The van der Waals surface area contributed by atoms with Gasteiger partial charge in [0.25, 0.3) is 0 Å². The third-order valence-corrected chi connectivity index (χ3v) is 4.34. The monoisotopic (exact) mass is 285 g/mol. The summed E-state index contributed by atoms with van der Waals surface area (Å²) in [5.74, 6) is 1.07. The molecule has 2 atom stereocenters. The number of benzene rings is 1. The minimum Gasteiger partial charge on any atom is -0.316 e. The Morgan fingerprint density at radius 1 is 1.19 bits per heavy atom. The average molecular weight is 285 g/mol. The molecule has 5 nitrogen and oxygen atoms in total. The van der Waals surface area contributed by atoms with Gasteiger partial charge in [-0.2, -0.15) is 4.80 Å². The topological polar surface area (TPSA) is 55.6 Å². The van der Waals surface area contributed by atoms with Gasteiger partial charge in [-0.05, 0) is 47.6 Å². The first kappa shape index (κ1) is 14.2. The largest absolute Gasteiger partial charge is 0.316 e. The van der Waals surface area contributed by atoms with Crippen molar-refractivity contribution in [3.8, 4) is 0 Å². The van der Waals surface area contributed by atoms with Gasteiger partial charge in [-0.3, -0.25) is 0 Å². The lowest BCUT2D eigenvalue weighted by Gasteiger charge is -2.30. The molecule has 1 aromatic heterocycles. The molecule has 0 aliphatic carbocycles. The Morgan fingerprint density at radius 2 is 1.95 bits per heavy atom. The summed E-state index contributed by atoms with van der Waals surface area (Å²) in [7, 11) is 0. The summed E-state index contributed by atoms with van der Waals surface area (Å²) in [6.45, 7) is 6.56. The van der Waals surface area contributed by atoms with Crippen molar-refractivity contribution < 1.29 is 0 Å². The van der Waals surface area contributed by atoms with Crippen molar-refractivity contribution in [2.45, 2.75) is 38.6 Å². The molecule has 1 fully saturated rings. The van der Waals surface area contributed by atoms with Crippen LogP contribution in [0.2, 0.25) is 0 Å². The highest BCUT2D eigenvalue weighted by molar-refractivity contribution is 5.27. The predicted molar refractivity (Wildman–Crippen MR) is 82.1 cm³/mol. The number of tetrazole rings is 1. The van der Waals surface area contributed by atoms with Gasteiger partial charge in [0.2, 0.25) is 0 Å². The summed E-state index contributed by atoms with van der Waals surface area (Å²) in [5, 5.41) is 15.8. The lowest BCUT2D eigenvalue weighted by Crippen LogP contribution is -2.36. The Kier molecular flexibility index (Phi) is 4.29. The van der Waals surface area contributed by atoms with Crippen LogP contribution in [0.25, 0.3) is 0 Å². The lowest BCUT2D eigenvalue weighted by atomic mass is 9.87. The number of piperidine rings is 1. The molecule has 1 aliphatic rings. The first-order valence-electron chi connectivity index (χ1n) is 7.78. The minimum atomic E-state index is 0.168. The molecule has 21 heavy (non-hydrogen) atoms. The predicted octanol–water partition coefficient (Wildman–Crippen LogP) is 2.39. The number of hydrogen-bond acceptors (Lipinski definition) is 4. The second-order valence-electron chi connectivity index (χ2n) is 6.13. The molecule has 112 valence electrons. The summed E-state index contributed by atoms with van der Waals surface area (Å²) >= 11 is 0. The van der Waals surface area contributed by atoms with E-state index in [2.05, 4.69) is 58.8 Å². The summed E-state index contributed by atoms with van der Waals surface area (Å²) < 4.78 is 0. The molecule has 1 aromatic carbocycles. The maximum atomic E-state index is 4.29. The molecule has 1 N–H and O–H groups in total. The summed E-state index contributed by atoms with van der Waals surface area (Å²) in [4.78, 5) is 1.77. The molecule has 0 bridgehead atoms. The zero-order chi connectivity index (χ0) is 14.7. The molecule has 0 radical (unpaired) electrons. The maximum Gasteiger partial charge on any atom is 0.162 e. The lowest BCUT2D eigenvalue weighted by molar-refractivity contribution is 0.261. The second-order valence-corrected chi connectivity index (χ2v) is 6.13. The number of aromatic nitrogens is 4. The Bertz CT molecular complexity index is 541. The standard InChI is InChI=1S/C16H23N5/c1-12(2)13-5-7-14(8-6-13)16(21-19-11-18-20-21)15-4-3-9-17-10-15/h5-8,11-12,15-17H,3-4,9-10H2,1-2H3/t15?,16-/m1/s1. The Morgan fingerprint density at radius 3 is 2.52 bits per heavy atom. The molecule has 2 aromatic rings. The summed E-state index contributed by atoms with van der Waals surface area (Å²) in [6, 6.07) is 9.05. The fourth-order valence-electron chi connectivity index (χ4n) is 3.12. The van der Waals surface area contributed by atoms with Crippen molar-refractivity contribution in [1.82, 2.24) is 25.5 Å². The minimum absolute atomic E-state index is 0.168. The van der Waals surface area contributed by atoms with Crippen molar-refractivity contribution >= 4 is 0 Å². The number of rotatable bonds is 4. The van der Waals surface area contributed by atoms with Crippen LogP contribution < -0.4 is 5.32 Å². The second kappa shape index (κ2) is 6.35. The van der Waals surface area contributed by atoms with E-state index in [4.69, 9.17) is 0 Å². The first-order chi connectivity index (χ1) is 10.3. The van der Waals surface area contributed by atoms with E-state index in [0.717, 1.165) is 13.1 Å². The van der Waals surface area contributed by atoms with Crippen molar-refractivity contribution in [3.63, 3.8) is 0 Å². The van der Waals surface area contributed by atoms with Crippen LogP contribution in [-0.2, 0) is 0 Å². The quantitative estimate of drug-likeness (QED) is 0.937. The van der Waals surface area contributed by atoms with E-state index in [1.54, 1.807) is 4.80 Å². The van der Waals surface area contributed by atoms with Gasteiger partial charge in [0.15, 0.2) is 6.33 Å². The highest BCUT2D eigenvalue weighted by Gasteiger charge is 2.28. The smallest absolute Gasteiger partial charge is 0.162 e. The number of nitrogens with zero attached hydrogens (tertiary/aromatic N) is 4. The molecular formula is C16H23N5. The van der Waals surface area contributed by atoms with Crippen LogP contribution in [0.1, 0.15) is 49.8 Å². The van der Waals surface area contributed by atoms with Crippen LogP contribution >= 0.6 is 0 Å². The molecule has 2 heterocycles. The summed E-state index contributed by atoms with van der Waals surface area (Å²) in [5.41, 5.74) is 2.64. The third kappa shape index (κ3) is 3.13. The molecule has 1 saturated heterocycles. The third-order valence-electron chi connectivity index (χ3n) is 4.34. The fourth-order valence-corrected chi connectivity index (χ4v) is 3.12. The van der Waals surface area contributed by atoms with Crippen molar-refractivity contribution in [2.75, 3.05) is 13.1 Å². The molecule has 5 heteroatoms. The summed E-state index contributed by atoms with van der Waals surface area (Å²) in [6.07, 6.45) is 3.93. The van der Waals surface area contributed by atoms with Crippen molar-refractivity contribution in [3.05, 3.63) is 41.7 Å². The van der Waals surface area contributed by atoms with Gasteiger partial charge in [0, 0.05) is 6.54 Å². The van der Waals surface area contributed by atoms with Crippen LogP contribution in [0.5, 0.6) is 0 Å². The van der Waals surface area contributed by atoms with Crippen LogP contribution in [-0.4, -0.2) is 33.3 Å². The highest BCUT2D eigenvalue weighted by atomic mass is 15.6. The van der Waals surface area contributed by atoms with Crippen LogP contribution in [0.4, 0.5) is 0 Å². The molecule has 1 aliphatic heterocycles. The highest BCUT2D eigenvalue weighted by Crippen LogP contribution is 2.30. The molecule has 0 amide bonds. The SMILES string of the molecule is CC(C)c1ccc([C@H](C2CCCNC2)n2ncnn2)cc1. The zero-order valence-corrected chi connectivity index (χ0v) is 12.7. The van der Waals surface area contributed by atoms with Crippen molar-refractivity contribution in [1.29, 1.82) is 0 Å². The van der Waals surface area contributed by atoms with Crippen LogP contribution in [0.15, 0.2) is 30.6 Å². The normalized spacial score (nSPS) is 20.6. The van der Waals surface area contributed by atoms with Crippen LogP contribution in [0.3, 0.4) is 0 Å². The Hall–Kier alpha value is -1.75. The Balaban J connectivity index is 1.91. The molecule has 0 spiro atoms. The van der Waals surface area contributed by atoms with Gasteiger partial charge in [-0.25, -0.2) is 0 Å². The van der Waals surface area contributed by atoms with E-state index >= 15 is 0 Å². The number of hydrogen-bond donors (Lipinski definition) is 1. The van der Waals surface area contributed by atoms with E-state index in [1.807, 2.05) is 0 Å². The van der Waals surface area contributed by atoms with Gasteiger partial charge >= 0.3 is 0 Å². The van der Waals surface area contributed by atoms with E-state index in [9.17, 15) is 0 Å². The van der Waals surface area contributed by atoms with Gasteiger partial charge in [-0.15, -0.1) is 10.2 Å². The first-order valence-corrected chi connectivity index (χ1v) is 7.78. The fraction of sp³-hybridized carbons (Fsp3) is 0.562. The van der Waals surface area contributed by atoms with Crippen LogP contribution in [0, 0.1) is 5.92 Å². The van der Waals surface area contributed by atoms with E-state index in [-0.39, 0.29) is 6.04 Å². The Labute approximate surface area is 125 Å². The van der Waals surface area contributed by atoms with Gasteiger partial charge in [0.1, 0.15) is 6.04 Å². The molecule has 3 rings (SSSR count). The zero-order valence-electron chi connectivity index (χ0n) is 12.7. The van der Waals surface area contributed by atoms with E-state index in [0.29, 0.717) is 11.8 Å². The van der Waals surface area contributed by atoms with E-state index in [1.165, 1.54) is 30.3 Å². The van der Waals surface area contributed by atoms with E-state index < -0.39 is 0 Å². The van der Waals surface area contributed by atoms with Gasteiger partial charge < -0.3 is 5.32 Å². The molecular weight excluding hydrogens is 262 g/mol. The van der Waals surface area contributed by atoms with Gasteiger partial charge in [0.05, 0.1) is 0 Å². The molecule has 1 unspecified atom stereocenters. The average Bonchev–Trinajstić information content (AvgIpc) is 3.03. The number of nitrogens with one attached hydrogen (secondary N) is 1. The van der Waals surface area contributed by atoms with Crippen molar-refractivity contribution in [2.24, 2.45) is 5.92 Å². The van der Waals surface area contributed by atoms with Gasteiger partial charge in [-0.1, -0.05) is 38.1 Å². The molecule has 0 saturated carbocycles.